The van der Waals surface area contributed by atoms with Crippen molar-refractivity contribution < 1.29 is 13.2 Å². The number of methoxy groups -OCH3 is 1. The first-order valence-electron chi connectivity index (χ1n) is 5.67. The molecule has 1 aromatic rings. The van der Waals surface area contributed by atoms with Crippen LogP contribution in [0.15, 0.2) is 24.3 Å². The van der Waals surface area contributed by atoms with Crippen molar-refractivity contribution in [2.75, 3.05) is 20.2 Å². The lowest BCUT2D eigenvalue weighted by molar-refractivity contribution is 0.411. The maximum absolute atomic E-state index is 12.2. The highest BCUT2D eigenvalue weighted by Crippen LogP contribution is 2.23. The van der Waals surface area contributed by atoms with Gasteiger partial charge in [-0.3, -0.25) is 0 Å². The molecule has 5 heteroatoms. The van der Waals surface area contributed by atoms with E-state index in [-0.39, 0.29) is 11.0 Å². The van der Waals surface area contributed by atoms with Crippen LogP contribution < -0.4 is 10.1 Å². The minimum Gasteiger partial charge on any atom is -0.496 e. The molecule has 0 aromatic heterocycles. The molecule has 1 heterocycles. The first-order chi connectivity index (χ1) is 8.13. The van der Waals surface area contributed by atoms with E-state index < -0.39 is 9.84 Å². The number of nitrogens with one attached hydrogen (secondary N) is 1. The number of benzene rings is 1. The van der Waals surface area contributed by atoms with Gasteiger partial charge in [-0.25, -0.2) is 8.42 Å². The zero-order valence-electron chi connectivity index (χ0n) is 9.85. The third-order valence-electron chi connectivity index (χ3n) is 3.07. The molecule has 1 saturated heterocycles. The maximum atomic E-state index is 12.2. The van der Waals surface area contributed by atoms with Gasteiger partial charge in [-0.05, 0) is 19.0 Å². The zero-order valence-corrected chi connectivity index (χ0v) is 10.7. The standard InChI is InChI=1S/C12H17NO3S/c1-16-12-5-3-2-4-10(12)9-17(14,15)11-6-7-13-8-11/h2-5,11,13H,6-9H2,1H3/t11-/m0/s1. The molecular weight excluding hydrogens is 238 g/mol. The maximum Gasteiger partial charge on any atom is 0.158 e. The van der Waals surface area contributed by atoms with Crippen LogP contribution >= 0.6 is 0 Å². The summed E-state index contributed by atoms with van der Waals surface area (Å²) in [6, 6.07) is 7.27. The Bertz CT molecular complexity index is 478. The van der Waals surface area contributed by atoms with Gasteiger partial charge < -0.3 is 10.1 Å². The number of ether oxygens (including phenoxy) is 1. The van der Waals surface area contributed by atoms with E-state index in [9.17, 15) is 8.42 Å². The van der Waals surface area contributed by atoms with Crippen molar-refractivity contribution >= 4 is 9.84 Å². The summed E-state index contributed by atoms with van der Waals surface area (Å²) in [5.74, 6) is 0.700. The van der Waals surface area contributed by atoms with Gasteiger partial charge in [0, 0.05) is 12.1 Å². The van der Waals surface area contributed by atoms with Gasteiger partial charge in [0.25, 0.3) is 0 Å². The molecule has 2 rings (SSSR count). The van der Waals surface area contributed by atoms with Gasteiger partial charge >= 0.3 is 0 Å². The normalized spacial score (nSPS) is 20.4. The summed E-state index contributed by atoms with van der Waals surface area (Å²) in [4.78, 5) is 0. The molecule has 0 spiro atoms. The average Bonchev–Trinajstić information content (AvgIpc) is 2.83. The van der Waals surface area contributed by atoms with E-state index >= 15 is 0 Å². The molecule has 0 unspecified atom stereocenters. The number of para-hydroxylation sites is 1. The molecule has 0 amide bonds. The highest BCUT2D eigenvalue weighted by atomic mass is 32.2. The third-order valence-corrected chi connectivity index (χ3v) is 5.20. The lowest BCUT2D eigenvalue weighted by Crippen LogP contribution is -2.25. The number of sulfone groups is 1. The Balaban J connectivity index is 2.19. The van der Waals surface area contributed by atoms with Crippen LogP contribution in [-0.4, -0.2) is 33.9 Å². The number of hydrogen-bond donors (Lipinski definition) is 1. The smallest absolute Gasteiger partial charge is 0.158 e. The molecule has 1 fully saturated rings. The van der Waals surface area contributed by atoms with Gasteiger partial charge in [0.2, 0.25) is 0 Å². The Morgan fingerprint density at radius 3 is 2.82 bits per heavy atom. The fraction of sp³-hybridized carbons (Fsp3) is 0.500. The van der Waals surface area contributed by atoms with Crippen LogP contribution in [0, 0.1) is 0 Å². The number of rotatable bonds is 4. The van der Waals surface area contributed by atoms with Crippen LogP contribution in [0.4, 0.5) is 0 Å². The molecule has 0 aliphatic carbocycles. The van der Waals surface area contributed by atoms with Crippen molar-refractivity contribution in [2.45, 2.75) is 17.4 Å². The van der Waals surface area contributed by atoms with Crippen molar-refractivity contribution in [3.05, 3.63) is 29.8 Å². The van der Waals surface area contributed by atoms with E-state index in [0.29, 0.717) is 18.7 Å². The molecule has 1 N–H and O–H groups in total. The van der Waals surface area contributed by atoms with Crippen LogP contribution in [-0.2, 0) is 15.6 Å². The van der Waals surface area contributed by atoms with Gasteiger partial charge in [0.05, 0.1) is 18.1 Å². The summed E-state index contributed by atoms with van der Waals surface area (Å²) in [6.45, 7) is 1.35. The second-order valence-corrected chi connectivity index (χ2v) is 6.51. The molecule has 1 atom stereocenters. The van der Waals surface area contributed by atoms with Gasteiger partial charge in [0.15, 0.2) is 9.84 Å². The van der Waals surface area contributed by atoms with Crippen molar-refractivity contribution in [3.63, 3.8) is 0 Å². The Kier molecular flexibility index (Phi) is 3.69. The number of hydrogen-bond acceptors (Lipinski definition) is 4. The van der Waals surface area contributed by atoms with Gasteiger partial charge in [-0.1, -0.05) is 18.2 Å². The molecule has 0 bridgehead atoms. The average molecular weight is 255 g/mol. The summed E-state index contributed by atoms with van der Waals surface area (Å²) in [7, 11) is -1.53. The Morgan fingerprint density at radius 1 is 1.41 bits per heavy atom. The largest absolute Gasteiger partial charge is 0.496 e. The lowest BCUT2D eigenvalue weighted by Gasteiger charge is -2.12. The summed E-state index contributed by atoms with van der Waals surface area (Å²) in [5.41, 5.74) is 0.738. The SMILES string of the molecule is COc1ccccc1CS(=O)(=O)[C@H]1CCNC1. The molecular formula is C12H17NO3S. The van der Waals surface area contributed by atoms with Gasteiger partial charge in [-0.15, -0.1) is 0 Å². The highest BCUT2D eigenvalue weighted by molar-refractivity contribution is 7.91. The molecule has 4 nitrogen and oxygen atoms in total. The molecule has 94 valence electrons. The first-order valence-corrected chi connectivity index (χ1v) is 7.39. The van der Waals surface area contributed by atoms with E-state index in [1.807, 2.05) is 12.1 Å². The topological polar surface area (TPSA) is 55.4 Å². The molecule has 0 saturated carbocycles. The van der Waals surface area contributed by atoms with Crippen molar-refractivity contribution in [1.29, 1.82) is 0 Å². The summed E-state index contributed by atoms with van der Waals surface area (Å²) in [5, 5.41) is 2.83. The predicted octanol–water partition coefficient (Wildman–Crippen LogP) is 0.972. The molecule has 1 aliphatic rings. The quantitative estimate of drug-likeness (QED) is 0.871. The second-order valence-electron chi connectivity index (χ2n) is 4.23. The van der Waals surface area contributed by atoms with Gasteiger partial charge in [0.1, 0.15) is 5.75 Å². The zero-order chi connectivity index (χ0) is 12.3. The van der Waals surface area contributed by atoms with E-state index in [4.69, 9.17) is 4.74 Å². The fourth-order valence-electron chi connectivity index (χ4n) is 2.09. The molecule has 17 heavy (non-hydrogen) atoms. The van der Waals surface area contributed by atoms with E-state index in [0.717, 1.165) is 12.1 Å². The van der Waals surface area contributed by atoms with Gasteiger partial charge in [-0.2, -0.15) is 0 Å². The van der Waals surface area contributed by atoms with E-state index in [1.165, 1.54) is 0 Å². The van der Waals surface area contributed by atoms with Crippen LogP contribution in [0.1, 0.15) is 12.0 Å². The molecule has 0 radical (unpaired) electrons. The Morgan fingerprint density at radius 2 is 2.18 bits per heavy atom. The van der Waals surface area contributed by atoms with Crippen LogP contribution in [0.5, 0.6) is 5.75 Å². The Labute approximate surface area is 102 Å². The predicted molar refractivity (Wildman–Crippen MR) is 66.9 cm³/mol. The fourth-order valence-corrected chi connectivity index (χ4v) is 3.85. The molecule has 1 aliphatic heterocycles. The first kappa shape index (κ1) is 12.4. The summed E-state index contributed by atoms with van der Waals surface area (Å²) >= 11 is 0. The summed E-state index contributed by atoms with van der Waals surface area (Å²) < 4.78 is 29.5. The minimum atomic E-state index is -3.09. The second kappa shape index (κ2) is 5.06. The van der Waals surface area contributed by atoms with Crippen LogP contribution in [0.3, 0.4) is 0 Å². The molecule has 1 aromatic carbocycles. The van der Waals surface area contributed by atoms with Crippen LogP contribution in [0.2, 0.25) is 0 Å². The van der Waals surface area contributed by atoms with E-state index in [1.54, 1.807) is 19.2 Å². The van der Waals surface area contributed by atoms with Crippen molar-refractivity contribution in [2.24, 2.45) is 0 Å². The minimum absolute atomic E-state index is 0.0589. The van der Waals surface area contributed by atoms with Crippen molar-refractivity contribution in [1.82, 2.24) is 5.32 Å². The van der Waals surface area contributed by atoms with E-state index in [2.05, 4.69) is 5.32 Å². The summed E-state index contributed by atoms with van der Waals surface area (Å²) in [6.07, 6.45) is 0.706. The van der Waals surface area contributed by atoms with Crippen molar-refractivity contribution in [3.8, 4) is 5.75 Å². The Hall–Kier alpha value is -1.07. The van der Waals surface area contributed by atoms with Crippen LogP contribution in [0.25, 0.3) is 0 Å². The highest BCUT2D eigenvalue weighted by Gasteiger charge is 2.29. The third kappa shape index (κ3) is 2.79. The lowest BCUT2D eigenvalue weighted by atomic mass is 10.2. The monoisotopic (exact) mass is 255 g/mol.